The summed E-state index contributed by atoms with van der Waals surface area (Å²) in [4.78, 5) is 19.5. The first-order valence-corrected chi connectivity index (χ1v) is 8.77. The van der Waals surface area contributed by atoms with Gasteiger partial charge in [0.1, 0.15) is 5.75 Å². The summed E-state index contributed by atoms with van der Waals surface area (Å²) in [6, 6.07) is 11.3. The number of benzene rings is 1. The molecule has 8 heteroatoms. The van der Waals surface area contributed by atoms with Crippen LogP contribution in [0.25, 0.3) is 22.3 Å². The van der Waals surface area contributed by atoms with E-state index in [1.807, 2.05) is 43.4 Å². The van der Waals surface area contributed by atoms with Gasteiger partial charge in [0.05, 0.1) is 42.2 Å². The van der Waals surface area contributed by atoms with E-state index in [1.54, 1.807) is 36.1 Å². The molecular weight excluding hydrogens is 356 g/mol. The van der Waals surface area contributed by atoms with Crippen LogP contribution in [0.3, 0.4) is 0 Å². The Labute approximate surface area is 161 Å². The van der Waals surface area contributed by atoms with Crippen LogP contribution >= 0.6 is 0 Å². The van der Waals surface area contributed by atoms with Crippen LogP contribution in [0, 0.1) is 0 Å². The van der Waals surface area contributed by atoms with Gasteiger partial charge in [0, 0.05) is 25.9 Å². The number of carbonyl (C=O) groups is 1. The lowest BCUT2D eigenvalue weighted by Crippen LogP contribution is -2.26. The minimum absolute atomic E-state index is 0.107. The van der Waals surface area contributed by atoms with Gasteiger partial charge in [0.2, 0.25) is 0 Å². The fourth-order valence-corrected chi connectivity index (χ4v) is 3.11. The normalized spacial score (nSPS) is 11.0. The third-order valence-corrected chi connectivity index (χ3v) is 4.63. The summed E-state index contributed by atoms with van der Waals surface area (Å²) in [5.74, 6) is 0.658. The molecule has 0 aliphatic heterocycles. The van der Waals surface area contributed by atoms with Crippen molar-refractivity contribution in [3.05, 3.63) is 60.0 Å². The van der Waals surface area contributed by atoms with E-state index >= 15 is 0 Å². The molecular formula is C20H20N6O2. The fraction of sp³-hybridized carbons (Fsp3) is 0.200. The average Bonchev–Trinajstić information content (AvgIpc) is 3.37. The first-order chi connectivity index (χ1) is 13.6. The molecule has 0 spiro atoms. The third kappa shape index (κ3) is 3.20. The Hall–Kier alpha value is -3.68. The van der Waals surface area contributed by atoms with E-state index in [-0.39, 0.29) is 5.91 Å². The average molecular weight is 376 g/mol. The second-order valence-corrected chi connectivity index (χ2v) is 6.53. The van der Waals surface area contributed by atoms with Crippen molar-refractivity contribution < 1.29 is 9.53 Å². The number of aromatic amines is 1. The molecule has 142 valence electrons. The molecule has 0 atom stereocenters. The van der Waals surface area contributed by atoms with Crippen LogP contribution in [0.1, 0.15) is 16.1 Å². The quantitative estimate of drug-likeness (QED) is 0.578. The number of aryl methyl sites for hydroxylation is 1. The SMILES string of the molecule is COc1ccc(-c2cc(C(=O)N(C)Cc3ccn[nH]3)c3cnn(C)c3n2)cc1. The minimum Gasteiger partial charge on any atom is -0.497 e. The lowest BCUT2D eigenvalue weighted by atomic mass is 10.1. The highest BCUT2D eigenvalue weighted by Gasteiger charge is 2.20. The largest absolute Gasteiger partial charge is 0.497 e. The summed E-state index contributed by atoms with van der Waals surface area (Å²) in [5, 5.41) is 11.8. The molecule has 8 nitrogen and oxygen atoms in total. The second-order valence-electron chi connectivity index (χ2n) is 6.53. The van der Waals surface area contributed by atoms with Gasteiger partial charge in [0.15, 0.2) is 5.65 Å². The molecule has 0 bridgehead atoms. The lowest BCUT2D eigenvalue weighted by Gasteiger charge is -2.17. The molecule has 0 aliphatic carbocycles. The zero-order chi connectivity index (χ0) is 19.7. The van der Waals surface area contributed by atoms with Gasteiger partial charge in [-0.15, -0.1) is 0 Å². The van der Waals surface area contributed by atoms with Crippen LogP contribution in [-0.4, -0.2) is 49.9 Å². The van der Waals surface area contributed by atoms with Gasteiger partial charge in [-0.2, -0.15) is 10.2 Å². The molecule has 3 heterocycles. The number of H-pyrrole nitrogens is 1. The van der Waals surface area contributed by atoms with Crippen molar-refractivity contribution in [1.29, 1.82) is 0 Å². The van der Waals surface area contributed by atoms with Gasteiger partial charge in [-0.1, -0.05) is 0 Å². The topological polar surface area (TPSA) is 88.9 Å². The molecule has 1 N–H and O–H groups in total. The van der Waals surface area contributed by atoms with Crippen molar-refractivity contribution in [3.63, 3.8) is 0 Å². The van der Waals surface area contributed by atoms with Crippen LogP contribution < -0.4 is 4.74 Å². The maximum Gasteiger partial charge on any atom is 0.254 e. The van der Waals surface area contributed by atoms with E-state index in [0.29, 0.717) is 23.4 Å². The Morgan fingerprint density at radius 3 is 2.71 bits per heavy atom. The maximum absolute atomic E-state index is 13.2. The molecule has 0 aliphatic rings. The van der Waals surface area contributed by atoms with E-state index in [1.165, 1.54) is 0 Å². The van der Waals surface area contributed by atoms with Gasteiger partial charge < -0.3 is 9.64 Å². The van der Waals surface area contributed by atoms with Gasteiger partial charge in [-0.05, 0) is 36.4 Å². The van der Waals surface area contributed by atoms with E-state index in [9.17, 15) is 4.79 Å². The Kier molecular flexibility index (Phi) is 4.52. The van der Waals surface area contributed by atoms with Gasteiger partial charge in [-0.3, -0.25) is 14.6 Å². The highest BCUT2D eigenvalue weighted by molar-refractivity contribution is 6.06. The van der Waals surface area contributed by atoms with Crippen LogP contribution in [0.4, 0.5) is 0 Å². The molecule has 0 unspecified atom stereocenters. The monoisotopic (exact) mass is 376 g/mol. The first kappa shape index (κ1) is 17.7. The zero-order valence-electron chi connectivity index (χ0n) is 15.9. The van der Waals surface area contributed by atoms with Gasteiger partial charge in [-0.25, -0.2) is 4.98 Å². The molecule has 0 fully saturated rings. The third-order valence-electron chi connectivity index (χ3n) is 4.63. The number of nitrogens with one attached hydrogen (secondary N) is 1. The van der Waals surface area contributed by atoms with Crippen LogP contribution in [-0.2, 0) is 13.6 Å². The number of hydrogen-bond acceptors (Lipinski definition) is 5. The number of amides is 1. The Morgan fingerprint density at radius 2 is 2.04 bits per heavy atom. The molecule has 28 heavy (non-hydrogen) atoms. The van der Waals surface area contributed by atoms with E-state index in [2.05, 4.69) is 15.3 Å². The first-order valence-electron chi connectivity index (χ1n) is 8.77. The number of aromatic nitrogens is 5. The van der Waals surface area contributed by atoms with Crippen LogP contribution in [0.2, 0.25) is 0 Å². The molecule has 4 aromatic rings. The summed E-state index contributed by atoms with van der Waals surface area (Å²) >= 11 is 0. The van der Waals surface area contributed by atoms with Crippen molar-refractivity contribution in [2.24, 2.45) is 7.05 Å². The summed E-state index contributed by atoms with van der Waals surface area (Å²) in [7, 11) is 5.20. The van der Waals surface area contributed by atoms with E-state index in [0.717, 1.165) is 22.4 Å². The Balaban J connectivity index is 1.77. The summed E-state index contributed by atoms with van der Waals surface area (Å²) in [6.45, 7) is 0.431. The second kappa shape index (κ2) is 7.15. The lowest BCUT2D eigenvalue weighted by molar-refractivity contribution is 0.0785. The number of nitrogens with zero attached hydrogens (tertiary/aromatic N) is 5. The molecule has 1 amide bonds. The number of hydrogen-bond donors (Lipinski definition) is 1. The highest BCUT2D eigenvalue weighted by atomic mass is 16.5. The Bertz CT molecular complexity index is 1120. The van der Waals surface area contributed by atoms with Gasteiger partial charge in [0.25, 0.3) is 5.91 Å². The molecule has 1 aromatic carbocycles. The molecule has 0 saturated carbocycles. The number of methoxy groups -OCH3 is 1. The number of rotatable bonds is 5. The van der Waals surface area contributed by atoms with Crippen molar-refractivity contribution in [2.45, 2.75) is 6.54 Å². The smallest absolute Gasteiger partial charge is 0.254 e. The predicted octanol–water partition coefficient (Wildman–Crippen LogP) is 2.64. The van der Waals surface area contributed by atoms with Gasteiger partial charge >= 0.3 is 0 Å². The van der Waals surface area contributed by atoms with Crippen molar-refractivity contribution in [3.8, 4) is 17.0 Å². The fourth-order valence-electron chi connectivity index (χ4n) is 3.11. The summed E-state index contributed by atoms with van der Waals surface area (Å²) in [6.07, 6.45) is 3.35. The molecule has 0 saturated heterocycles. The van der Waals surface area contributed by atoms with Crippen molar-refractivity contribution in [1.82, 2.24) is 29.9 Å². The van der Waals surface area contributed by atoms with E-state index < -0.39 is 0 Å². The standard InChI is InChI=1S/C20H20N6O2/c1-25(12-14-8-9-21-24-14)20(27)16-10-18(13-4-6-15(28-3)7-5-13)23-19-17(16)11-22-26(19)2/h4-11H,12H2,1-3H3,(H,21,24). The number of pyridine rings is 1. The summed E-state index contributed by atoms with van der Waals surface area (Å²) in [5.41, 5.74) is 3.69. The molecule has 4 rings (SSSR count). The van der Waals surface area contributed by atoms with Crippen LogP contribution in [0.5, 0.6) is 5.75 Å². The molecule has 3 aromatic heterocycles. The Morgan fingerprint density at radius 1 is 1.25 bits per heavy atom. The number of fused-ring (bicyclic) bond motifs is 1. The summed E-state index contributed by atoms with van der Waals surface area (Å²) < 4.78 is 6.90. The molecule has 0 radical (unpaired) electrons. The number of ether oxygens (including phenoxy) is 1. The minimum atomic E-state index is -0.107. The predicted molar refractivity (Wildman–Crippen MR) is 105 cm³/mol. The van der Waals surface area contributed by atoms with Crippen LogP contribution in [0.15, 0.2) is 48.8 Å². The highest BCUT2D eigenvalue weighted by Crippen LogP contribution is 2.27. The zero-order valence-corrected chi connectivity index (χ0v) is 15.9. The number of carbonyl (C=O) groups excluding carboxylic acids is 1. The maximum atomic E-state index is 13.2. The van der Waals surface area contributed by atoms with Crippen molar-refractivity contribution >= 4 is 16.9 Å². The van der Waals surface area contributed by atoms with E-state index in [4.69, 9.17) is 9.72 Å². The van der Waals surface area contributed by atoms with Crippen molar-refractivity contribution in [2.75, 3.05) is 14.2 Å².